The van der Waals surface area contributed by atoms with Crippen molar-refractivity contribution >= 4 is 23.2 Å². The van der Waals surface area contributed by atoms with E-state index < -0.39 is 11.2 Å². The van der Waals surface area contributed by atoms with Crippen molar-refractivity contribution in [3.8, 4) is 5.75 Å². The molecule has 0 heterocycles. The van der Waals surface area contributed by atoms with E-state index in [1.807, 2.05) is 30.3 Å². The van der Waals surface area contributed by atoms with E-state index in [9.17, 15) is 4.39 Å². The van der Waals surface area contributed by atoms with Crippen LogP contribution in [0.2, 0.25) is 5.02 Å². The Morgan fingerprint density at radius 2 is 1.90 bits per heavy atom. The normalized spacial score (nSPS) is 11.9. The summed E-state index contributed by atoms with van der Waals surface area (Å²) >= 11 is 12.4. The summed E-state index contributed by atoms with van der Waals surface area (Å²) < 4.78 is 19.0. The third-order valence-corrected chi connectivity index (χ3v) is 3.63. The highest BCUT2D eigenvalue weighted by atomic mass is 35.5. The molecule has 1 unspecified atom stereocenters. The molecule has 2 aromatic carbocycles. The molecule has 20 heavy (non-hydrogen) atoms. The molecular formula is C16H13Cl2FO. The van der Waals surface area contributed by atoms with Gasteiger partial charge in [-0.1, -0.05) is 60.7 Å². The van der Waals surface area contributed by atoms with Crippen molar-refractivity contribution in [2.75, 3.05) is 6.61 Å². The molecule has 0 amide bonds. The van der Waals surface area contributed by atoms with Gasteiger partial charge in [-0.2, -0.15) is 0 Å². The Kier molecular flexibility index (Phi) is 5.05. The minimum absolute atomic E-state index is 0.0640. The van der Waals surface area contributed by atoms with Crippen LogP contribution in [0.4, 0.5) is 4.39 Å². The zero-order chi connectivity index (χ0) is 14.5. The Labute approximate surface area is 127 Å². The van der Waals surface area contributed by atoms with Crippen molar-refractivity contribution in [2.24, 2.45) is 0 Å². The van der Waals surface area contributed by atoms with Crippen LogP contribution in [0.15, 0.2) is 55.1 Å². The first-order valence-electron chi connectivity index (χ1n) is 6.05. The largest absolute Gasteiger partial charge is 0.488 e. The van der Waals surface area contributed by atoms with Crippen molar-refractivity contribution in [3.63, 3.8) is 0 Å². The third-order valence-electron chi connectivity index (χ3n) is 2.79. The summed E-state index contributed by atoms with van der Waals surface area (Å²) in [4.78, 5) is 0. The maximum Gasteiger partial charge on any atom is 0.146 e. The van der Waals surface area contributed by atoms with Crippen LogP contribution in [-0.4, -0.2) is 6.61 Å². The summed E-state index contributed by atoms with van der Waals surface area (Å²) in [6.45, 7) is 3.80. The van der Waals surface area contributed by atoms with E-state index in [1.54, 1.807) is 12.1 Å². The van der Waals surface area contributed by atoms with Gasteiger partial charge in [-0.15, -0.1) is 11.6 Å². The molecule has 0 saturated carbocycles. The van der Waals surface area contributed by atoms with Crippen LogP contribution in [0.5, 0.6) is 5.75 Å². The summed E-state index contributed by atoms with van der Waals surface area (Å²) in [5.41, 5.74) is 1.52. The quantitative estimate of drug-likeness (QED) is 0.532. The Hall–Kier alpha value is -1.51. The minimum Gasteiger partial charge on any atom is -0.488 e. The molecule has 0 aromatic heterocycles. The number of benzene rings is 2. The molecule has 0 saturated heterocycles. The van der Waals surface area contributed by atoms with Crippen LogP contribution in [0.1, 0.15) is 16.5 Å². The van der Waals surface area contributed by atoms with Gasteiger partial charge in [-0.3, -0.25) is 0 Å². The van der Waals surface area contributed by atoms with Gasteiger partial charge < -0.3 is 4.74 Å². The summed E-state index contributed by atoms with van der Waals surface area (Å²) in [5.74, 6) is -0.276. The molecule has 2 rings (SSSR count). The maximum atomic E-state index is 13.6. The Morgan fingerprint density at radius 1 is 1.20 bits per heavy atom. The van der Waals surface area contributed by atoms with E-state index in [0.29, 0.717) is 5.56 Å². The van der Waals surface area contributed by atoms with Crippen molar-refractivity contribution in [3.05, 3.63) is 77.1 Å². The van der Waals surface area contributed by atoms with Crippen LogP contribution >= 0.6 is 23.2 Å². The first-order valence-corrected chi connectivity index (χ1v) is 6.87. The van der Waals surface area contributed by atoms with Gasteiger partial charge in [0, 0.05) is 5.56 Å². The summed E-state index contributed by atoms with van der Waals surface area (Å²) in [6.07, 6.45) is 1.57. The van der Waals surface area contributed by atoms with Gasteiger partial charge in [-0.05, 0) is 11.6 Å². The van der Waals surface area contributed by atoms with Crippen LogP contribution in [0.25, 0.3) is 0 Å². The number of halogens is 3. The molecule has 1 atom stereocenters. The molecule has 4 heteroatoms. The number of alkyl halides is 1. The predicted octanol–water partition coefficient (Wildman–Crippen LogP) is 5.37. The predicted molar refractivity (Wildman–Crippen MR) is 81.2 cm³/mol. The lowest BCUT2D eigenvalue weighted by Crippen LogP contribution is -2.02. The van der Waals surface area contributed by atoms with Gasteiger partial charge >= 0.3 is 0 Å². The molecular weight excluding hydrogens is 298 g/mol. The van der Waals surface area contributed by atoms with Crippen LogP contribution in [0, 0.1) is 5.82 Å². The number of hydrogen-bond donors (Lipinski definition) is 0. The Balaban J connectivity index is 2.45. The highest BCUT2D eigenvalue weighted by molar-refractivity contribution is 6.32. The number of rotatable bonds is 5. The second kappa shape index (κ2) is 6.78. The van der Waals surface area contributed by atoms with E-state index in [-0.39, 0.29) is 17.4 Å². The minimum atomic E-state index is -0.536. The molecule has 0 radical (unpaired) electrons. The molecule has 2 aromatic rings. The molecule has 0 bridgehead atoms. The van der Waals surface area contributed by atoms with Gasteiger partial charge in [0.2, 0.25) is 0 Å². The fourth-order valence-electron chi connectivity index (χ4n) is 1.84. The molecule has 0 aliphatic rings. The van der Waals surface area contributed by atoms with Crippen LogP contribution in [-0.2, 0) is 0 Å². The monoisotopic (exact) mass is 310 g/mol. The lowest BCUT2D eigenvalue weighted by atomic mass is 10.0. The summed E-state index contributed by atoms with van der Waals surface area (Å²) in [5, 5.41) is -0.528. The van der Waals surface area contributed by atoms with E-state index in [0.717, 1.165) is 5.56 Å². The third kappa shape index (κ3) is 3.14. The summed E-state index contributed by atoms with van der Waals surface area (Å²) in [6, 6.07) is 12.3. The second-order valence-corrected chi connectivity index (χ2v) is 4.97. The topological polar surface area (TPSA) is 9.23 Å². The first-order chi connectivity index (χ1) is 9.65. The highest BCUT2D eigenvalue weighted by Gasteiger charge is 2.20. The zero-order valence-corrected chi connectivity index (χ0v) is 12.2. The van der Waals surface area contributed by atoms with Crippen molar-refractivity contribution in [2.45, 2.75) is 5.38 Å². The van der Waals surface area contributed by atoms with Crippen molar-refractivity contribution in [1.82, 2.24) is 0 Å². The van der Waals surface area contributed by atoms with Gasteiger partial charge in [0.25, 0.3) is 0 Å². The fraction of sp³-hybridized carbons (Fsp3) is 0.125. The molecule has 1 nitrogen and oxygen atoms in total. The van der Waals surface area contributed by atoms with Crippen LogP contribution in [0.3, 0.4) is 0 Å². The lowest BCUT2D eigenvalue weighted by molar-refractivity contribution is 0.357. The van der Waals surface area contributed by atoms with E-state index in [4.69, 9.17) is 27.9 Å². The zero-order valence-electron chi connectivity index (χ0n) is 10.7. The Bertz CT molecular complexity index is 599. The second-order valence-electron chi connectivity index (χ2n) is 4.15. The molecule has 0 aliphatic carbocycles. The van der Waals surface area contributed by atoms with Crippen LogP contribution < -0.4 is 4.74 Å². The SMILES string of the molecule is C=CCOc1c(C(Cl)c2ccccc2)ccc(F)c1Cl. The van der Waals surface area contributed by atoms with E-state index in [2.05, 4.69) is 6.58 Å². The fourth-order valence-corrected chi connectivity index (χ4v) is 2.38. The molecule has 104 valence electrons. The van der Waals surface area contributed by atoms with Gasteiger partial charge in [0.15, 0.2) is 0 Å². The maximum absolute atomic E-state index is 13.6. The summed E-state index contributed by atoms with van der Waals surface area (Å²) in [7, 11) is 0. The molecule has 0 aliphatic heterocycles. The number of ether oxygens (including phenoxy) is 1. The van der Waals surface area contributed by atoms with E-state index in [1.165, 1.54) is 6.07 Å². The molecule has 0 spiro atoms. The van der Waals surface area contributed by atoms with Gasteiger partial charge in [0.1, 0.15) is 23.2 Å². The van der Waals surface area contributed by atoms with Gasteiger partial charge in [0.05, 0.1) is 5.38 Å². The van der Waals surface area contributed by atoms with Gasteiger partial charge in [-0.25, -0.2) is 4.39 Å². The smallest absolute Gasteiger partial charge is 0.146 e. The molecule has 0 fully saturated rings. The van der Waals surface area contributed by atoms with Crippen molar-refractivity contribution < 1.29 is 9.13 Å². The first kappa shape index (κ1) is 14.9. The molecule has 0 N–H and O–H groups in total. The standard InChI is InChI=1S/C16H13Cl2FO/c1-2-10-20-16-12(8-9-13(19)15(16)18)14(17)11-6-4-3-5-7-11/h2-9,14H,1,10H2. The Morgan fingerprint density at radius 3 is 2.55 bits per heavy atom. The highest BCUT2D eigenvalue weighted by Crippen LogP contribution is 2.40. The average Bonchev–Trinajstić information content (AvgIpc) is 2.49. The average molecular weight is 311 g/mol. The van der Waals surface area contributed by atoms with E-state index >= 15 is 0 Å². The number of hydrogen-bond acceptors (Lipinski definition) is 1. The van der Waals surface area contributed by atoms with Crippen molar-refractivity contribution in [1.29, 1.82) is 0 Å². The lowest BCUT2D eigenvalue weighted by Gasteiger charge is -2.17.